The molecule has 1 rings (SSSR count). The van der Waals surface area contributed by atoms with Crippen LogP contribution in [0.3, 0.4) is 0 Å². The van der Waals surface area contributed by atoms with Crippen molar-refractivity contribution in [1.82, 2.24) is 15.5 Å². The van der Waals surface area contributed by atoms with Gasteiger partial charge < -0.3 is 10.6 Å². The van der Waals surface area contributed by atoms with Crippen LogP contribution >= 0.6 is 24.8 Å². The van der Waals surface area contributed by atoms with Gasteiger partial charge in [0.1, 0.15) is 0 Å². The van der Waals surface area contributed by atoms with E-state index in [1.54, 1.807) is 0 Å². The summed E-state index contributed by atoms with van der Waals surface area (Å²) >= 11 is 0. The molecule has 1 unspecified atom stereocenters. The molecule has 17 heavy (non-hydrogen) atoms. The topological polar surface area (TPSA) is 44.4 Å². The third-order valence-corrected chi connectivity index (χ3v) is 2.76. The first-order chi connectivity index (χ1) is 7.11. The van der Waals surface area contributed by atoms with Crippen molar-refractivity contribution in [2.75, 3.05) is 32.7 Å². The number of nitrogens with zero attached hydrogens (tertiary/aromatic N) is 1. The maximum absolute atomic E-state index is 11.8. The van der Waals surface area contributed by atoms with Crippen molar-refractivity contribution < 1.29 is 4.79 Å². The van der Waals surface area contributed by atoms with Gasteiger partial charge in [0.25, 0.3) is 0 Å². The summed E-state index contributed by atoms with van der Waals surface area (Å²) in [6.07, 6.45) is 0. The molecule has 1 saturated heterocycles. The quantitative estimate of drug-likeness (QED) is 0.807. The molecule has 0 saturated carbocycles. The lowest BCUT2D eigenvalue weighted by Gasteiger charge is -2.31. The van der Waals surface area contributed by atoms with E-state index in [0.717, 1.165) is 32.7 Å². The summed E-state index contributed by atoms with van der Waals surface area (Å²) in [6.45, 7) is 10.9. The molecule has 4 nitrogen and oxygen atoms in total. The van der Waals surface area contributed by atoms with E-state index in [-0.39, 0.29) is 36.8 Å². The monoisotopic (exact) mass is 285 g/mol. The Labute approximate surface area is 117 Å². The van der Waals surface area contributed by atoms with Crippen molar-refractivity contribution >= 4 is 30.7 Å². The highest BCUT2D eigenvalue weighted by molar-refractivity contribution is 5.85. The number of halogens is 2. The maximum atomic E-state index is 11.8. The van der Waals surface area contributed by atoms with Gasteiger partial charge in [-0.25, -0.2) is 0 Å². The fraction of sp³-hybridized carbons (Fsp3) is 0.909. The fourth-order valence-corrected chi connectivity index (χ4v) is 1.69. The first kappa shape index (κ1) is 19.3. The average Bonchev–Trinajstić information content (AvgIpc) is 2.26. The van der Waals surface area contributed by atoms with Gasteiger partial charge in [0, 0.05) is 32.7 Å². The molecule has 0 aromatic heterocycles. The Kier molecular flexibility index (Phi) is 11.3. The van der Waals surface area contributed by atoms with Crippen molar-refractivity contribution in [2.45, 2.75) is 26.8 Å². The summed E-state index contributed by atoms with van der Waals surface area (Å²) in [5.74, 6) is 0.676. The smallest absolute Gasteiger partial charge is 0.237 e. The molecule has 0 aliphatic carbocycles. The maximum Gasteiger partial charge on any atom is 0.237 e. The molecule has 6 heteroatoms. The Hall–Kier alpha value is -0.0300. The van der Waals surface area contributed by atoms with Crippen molar-refractivity contribution in [3.05, 3.63) is 0 Å². The van der Waals surface area contributed by atoms with Gasteiger partial charge in [0.05, 0.1) is 6.04 Å². The molecule has 104 valence electrons. The van der Waals surface area contributed by atoms with Gasteiger partial charge in [-0.1, -0.05) is 13.8 Å². The van der Waals surface area contributed by atoms with Crippen LogP contribution in [0.5, 0.6) is 0 Å². The van der Waals surface area contributed by atoms with E-state index in [1.807, 2.05) is 6.92 Å². The number of hydrogen-bond donors (Lipinski definition) is 2. The van der Waals surface area contributed by atoms with Crippen LogP contribution in [0.25, 0.3) is 0 Å². The minimum atomic E-state index is 0. The van der Waals surface area contributed by atoms with E-state index in [2.05, 4.69) is 29.4 Å². The first-order valence-corrected chi connectivity index (χ1v) is 5.83. The van der Waals surface area contributed by atoms with Crippen molar-refractivity contribution in [3.63, 3.8) is 0 Å². The van der Waals surface area contributed by atoms with E-state index in [0.29, 0.717) is 5.92 Å². The molecule has 0 spiro atoms. The number of amides is 1. The Morgan fingerprint density at radius 1 is 1.24 bits per heavy atom. The Bertz CT molecular complexity index is 209. The second-order valence-electron chi connectivity index (χ2n) is 4.60. The largest absolute Gasteiger partial charge is 0.354 e. The third kappa shape index (κ3) is 7.09. The van der Waals surface area contributed by atoms with E-state index in [1.165, 1.54) is 0 Å². The third-order valence-electron chi connectivity index (χ3n) is 2.76. The van der Waals surface area contributed by atoms with Crippen LogP contribution in [-0.4, -0.2) is 49.6 Å². The summed E-state index contributed by atoms with van der Waals surface area (Å²) < 4.78 is 0. The molecule has 1 atom stereocenters. The van der Waals surface area contributed by atoms with Gasteiger partial charge in [-0.2, -0.15) is 0 Å². The molecular weight excluding hydrogens is 261 g/mol. The summed E-state index contributed by atoms with van der Waals surface area (Å²) in [5.41, 5.74) is 0. The average molecular weight is 286 g/mol. The van der Waals surface area contributed by atoms with Crippen LogP contribution in [0.4, 0.5) is 0 Å². The van der Waals surface area contributed by atoms with Crippen LogP contribution in [0.15, 0.2) is 0 Å². The fourth-order valence-electron chi connectivity index (χ4n) is 1.69. The molecule has 2 N–H and O–H groups in total. The van der Waals surface area contributed by atoms with Crippen molar-refractivity contribution in [1.29, 1.82) is 0 Å². The molecule has 1 aliphatic rings. The number of piperazine rings is 1. The van der Waals surface area contributed by atoms with Gasteiger partial charge >= 0.3 is 0 Å². The Morgan fingerprint density at radius 2 is 1.76 bits per heavy atom. The predicted molar refractivity (Wildman–Crippen MR) is 76.2 cm³/mol. The van der Waals surface area contributed by atoms with E-state index < -0.39 is 0 Å². The number of nitrogens with one attached hydrogen (secondary N) is 2. The Balaban J connectivity index is 0. The van der Waals surface area contributed by atoms with Crippen LogP contribution in [0.2, 0.25) is 0 Å². The van der Waals surface area contributed by atoms with Gasteiger partial charge in [-0.3, -0.25) is 9.69 Å². The molecule has 1 heterocycles. The molecular formula is C11H25Cl2N3O. The van der Waals surface area contributed by atoms with Crippen LogP contribution in [0.1, 0.15) is 20.8 Å². The molecule has 0 bridgehead atoms. The molecule has 1 fully saturated rings. The molecule has 1 aliphatic heterocycles. The van der Waals surface area contributed by atoms with Crippen molar-refractivity contribution in [2.24, 2.45) is 5.92 Å². The number of carbonyl (C=O) groups is 1. The highest BCUT2D eigenvalue weighted by Crippen LogP contribution is 2.01. The van der Waals surface area contributed by atoms with Crippen molar-refractivity contribution in [3.8, 4) is 0 Å². The second-order valence-corrected chi connectivity index (χ2v) is 4.60. The summed E-state index contributed by atoms with van der Waals surface area (Å²) in [5, 5.41) is 6.26. The molecule has 0 aromatic carbocycles. The summed E-state index contributed by atoms with van der Waals surface area (Å²) in [6, 6.07) is 0.00542. The van der Waals surface area contributed by atoms with E-state index in [4.69, 9.17) is 0 Å². The second kappa shape index (κ2) is 9.95. The molecule has 1 amide bonds. The van der Waals surface area contributed by atoms with E-state index in [9.17, 15) is 4.79 Å². The lowest BCUT2D eigenvalue weighted by molar-refractivity contribution is -0.126. The number of hydrogen-bond acceptors (Lipinski definition) is 3. The minimum absolute atomic E-state index is 0. The number of rotatable bonds is 4. The zero-order chi connectivity index (χ0) is 11.3. The zero-order valence-corrected chi connectivity index (χ0v) is 12.5. The normalized spacial score (nSPS) is 17.9. The van der Waals surface area contributed by atoms with Gasteiger partial charge in [-0.15, -0.1) is 24.8 Å². The SMILES string of the molecule is CC(C)CNC(=O)C(C)N1CCNCC1.Cl.Cl. The summed E-state index contributed by atoms with van der Waals surface area (Å²) in [4.78, 5) is 14.0. The van der Waals surface area contributed by atoms with Crippen LogP contribution in [0, 0.1) is 5.92 Å². The highest BCUT2D eigenvalue weighted by Gasteiger charge is 2.22. The van der Waals surface area contributed by atoms with Crippen LogP contribution < -0.4 is 10.6 Å². The van der Waals surface area contributed by atoms with Gasteiger partial charge in [0.2, 0.25) is 5.91 Å². The number of carbonyl (C=O) groups excluding carboxylic acids is 1. The lowest BCUT2D eigenvalue weighted by Crippen LogP contribution is -2.53. The van der Waals surface area contributed by atoms with E-state index >= 15 is 0 Å². The Morgan fingerprint density at radius 3 is 2.24 bits per heavy atom. The summed E-state index contributed by atoms with van der Waals surface area (Å²) in [7, 11) is 0. The highest BCUT2D eigenvalue weighted by atomic mass is 35.5. The lowest BCUT2D eigenvalue weighted by atomic mass is 10.2. The minimum Gasteiger partial charge on any atom is -0.354 e. The predicted octanol–water partition coefficient (Wildman–Crippen LogP) is 0.896. The standard InChI is InChI=1S/C11H23N3O.2ClH/c1-9(2)8-13-11(15)10(3)14-6-4-12-5-7-14;;/h9-10,12H,4-8H2,1-3H3,(H,13,15);2*1H. The zero-order valence-electron chi connectivity index (χ0n) is 10.9. The molecule has 0 aromatic rings. The molecule has 0 radical (unpaired) electrons. The van der Waals surface area contributed by atoms with Gasteiger partial charge in [0.15, 0.2) is 0 Å². The first-order valence-electron chi connectivity index (χ1n) is 5.83. The van der Waals surface area contributed by atoms with Crippen LogP contribution in [-0.2, 0) is 4.79 Å². The van der Waals surface area contributed by atoms with Gasteiger partial charge in [-0.05, 0) is 12.8 Å².